The fourth-order valence-corrected chi connectivity index (χ4v) is 3.38. The normalized spacial score (nSPS) is 19.9. The van der Waals surface area contributed by atoms with Crippen LogP contribution in [-0.2, 0) is 0 Å². The summed E-state index contributed by atoms with van der Waals surface area (Å²) in [7, 11) is 0. The van der Waals surface area contributed by atoms with E-state index >= 15 is 0 Å². The zero-order valence-electron chi connectivity index (χ0n) is 12.5. The Hall–Kier alpha value is -1.02. The summed E-state index contributed by atoms with van der Waals surface area (Å²) in [6.45, 7) is 0. The molecule has 0 heterocycles. The number of hydrogen-bond donors (Lipinski definition) is 1. The van der Waals surface area contributed by atoms with Gasteiger partial charge < -0.3 is 4.89 Å². The van der Waals surface area contributed by atoms with Crippen molar-refractivity contribution in [2.45, 2.75) is 76.5 Å². The van der Waals surface area contributed by atoms with Gasteiger partial charge in [-0.15, -0.1) is 0 Å². The Balaban J connectivity index is 2.01. The van der Waals surface area contributed by atoms with Crippen molar-refractivity contribution in [1.29, 1.82) is 0 Å². The van der Waals surface area contributed by atoms with Crippen LogP contribution in [0.3, 0.4) is 0 Å². The van der Waals surface area contributed by atoms with Crippen molar-refractivity contribution in [2.75, 3.05) is 0 Å². The highest BCUT2D eigenvalue weighted by Gasteiger charge is 2.16. The Bertz CT molecular complexity index is 363. The topological polar surface area (TPSA) is 29.5 Å². The highest BCUT2D eigenvalue weighted by molar-refractivity contribution is 5.35. The van der Waals surface area contributed by atoms with E-state index in [1.165, 1.54) is 76.2 Å². The molecule has 1 aromatic carbocycles. The summed E-state index contributed by atoms with van der Waals surface area (Å²) in [6, 6.07) is 7.95. The van der Waals surface area contributed by atoms with Gasteiger partial charge in [-0.25, -0.2) is 5.26 Å². The van der Waals surface area contributed by atoms with Gasteiger partial charge in [0.05, 0.1) is 0 Å². The first kappa shape index (κ1) is 15.4. The highest BCUT2D eigenvalue weighted by Crippen LogP contribution is 2.34. The lowest BCUT2D eigenvalue weighted by Crippen LogP contribution is -2.03. The van der Waals surface area contributed by atoms with Gasteiger partial charge in [0, 0.05) is 5.56 Å². The average Bonchev–Trinajstić information content (AvgIpc) is 2.48. The molecule has 20 heavy (non-hydrogen) atoms. The lowest BCUT2D eigenvalue weighted by Gasteiger charge is -2.19. The van der Waals surface area contributed by atoms with Crippen LogP contribution in [0, 0.1) is 0 Å². The molecule has 2 nitrogen and oxygen atoms in total. The predicted octanol–water partition coefficient (Wildman–Crippen LogP) is 5.93. The molecule has 0 amide bonds. The maximum atomic E-state index is 9.06. The van der Waals surface area contributed by atoms with E-state index in [0.29, 0.717) is 11.7 Å². The molecule has 1 N–H and O–H groups in total. The molecule has 1 fully saturated rings. The van der Waals surface area contributed by atoms with Gasteiger partial charge in [-0.05, 0) is 24.8 Å². The SMILES string of the molecule is OOc1ccccc1C1CCCCCCCCCCC1. The summed E-state index contributed by atoms with van der Waals surface area (Å²) in [6.07, 6.45) is 14.7. The third kappa shape index (κ3) is 4.82. The first-order chi connectivity index (χ1) is 9.92. The van der Waals surface area contributed by atoms with Crippen molar-refractivity contribution >= 4 is 0 Å². The Morgan fingerprint density at radius 2 is 1.25 bits per heavy atom. The minimum absolute atomic E-state index is 0.540. The second-order valence-corrected chi connectivity index (χ2v) is 6.09. The van der Waals surface area contributed by atoms with E-state index in [9.17, 15) is 0 Å². The summed E-state index contributed by atoms with van der Waals surface area (Å²) in [5.74, 6) is 1.18. The highest BCUT2D eigenvalue weighted by atomic mass is 17.1. The number of rotatable bonds is 2. The lowest BCUT2D eigenvalue weighted by atomic mass is 9.87. The fourth-order valence-electron chi connectivity index (χ4n) is 3.38. The van der Waals surface area contributed by atoms with Crippen molar-refractivity contribution in [3.63, 3.8) is 0 Å². The van der Waals surface area contributed by atoms with Gasteiger partial charge in [0.25, 0.3) is 0 Å². The van der Waals surface area contributed by atoms with Gasteiger partial charge >= 0.3 is 0 Å². The number of para-hydroxylation sites is 1. The van der Waals surface area contributed by atoms with E-state index in [0.717, 1.165) is 0 Å². The van der Waals surface area contributed by atoms with E-state index in [-0.39, 0.29) is 0 Å². The molecule has 1 aliphatic carbocycles. The van der Waals surface area contributed by atoms with Crippen molar-refractivity contribution in [3.8, 4) is 5.75 Å². The van der Waals surface area contributed by atoms with Crippen LogP contribution < -0.4 is 4.89 Å². The first-order valence-electron chi connectivity index (χ1n) is 8.32. The number of benzene rings is 1. The summed E-state index contributed by atoms with van der Waals surface area (Å²) >= 11 is 0. The van der Waals surface area contributed by atoms with Crippen molar-refractivity contribution in [1.82, 2.24) is 0 Å². The van der Waals surface area contributed by atoms with Gasteiger partial charge in [0.15, 0.2) is 5.75 Å². The Morgan fingerprint density at radius 3 is 1.80 bits per heavy atom. The standard InChI is InChI=1S/C18H28O2/c19-20-18-15-11-10-14-17(18)16-12-8-6-4-2-1-3-5-7-9-13-16/h10-11,14-16,19H,1-9,12-13H2. The average molecular weight is 276 g/mol. The van der Waals surface area contributed by atoms with Crippen LogP contribution in [0.4, 0.5) is 0 Å². The molecule has 2 heteroatoms. The summed E-state index contributed by atoms with van der Waals surface area (Å²) in [5.41, 5.74) is 1.19. The second-order valence-electron chi connectivity index (χ2n) is 6.09. The van der Waals surface area contributed by atoms with E-state index in [2.05, 4.69) is 11.0 Å². The van der Waals surface area contributed by atoms with Crippen LogP contribution in [0.15, 0.2) is 24.3 Å². The van der Waals surface area contributed by atoms with Crippen molar-refractivity contribution < 1.29 is 10.1 Å². The van der Waals surface area contributed by atoms with E-state index in [1.54, 1.807) is 0 Å². The summed E-state index contributed by atoms with van der Waals surface area (Å²) in [5, 5.41) is 9.06. The van der Waals surface area contributed by atoms with E-state index in [1.807, 2.05) is 18.2 Å². The van der Waals surface area contributed by atoms with Crippen LogP contribution >= 0.6 is 0 Å². The molecular weight excluding hydrogens is 248 g/mol. The minimum atomic E-state index is 0.540. The molecule has 112 valence electrons. The van der Waals surface area contributed by atoms with Gasteiger partial charge in [-0.3, -0.25) is 0 Å². The van der Waals surface area contributed by atoms with Crippen LogP contribution in [0.25, 0.3) is 0 Å². The van der Waals surface area contributed by atoms with Crippen molar-refractivity contribution in [2.24, 2.45) is 0 Å². The maximum absolute atomic E-state index is 9.06. The maximum Gasteiger partial charge on any atom is 0.168 e. The predicted molar refractivity (Wildman–Crippen MR) is 83.2 cm³/mol. The molecule has 2 rings (SSSR count). The molecule has 1 saturated carbocycles. The summed E-state index contributed by atoms with van der Waals surface area (Å²) in [4.78, 5) is 4.57. The third-order valence-corrected chi connectivity index (χ3v) is 4.56. The van der Waals surface area contributed by atoms with Crippen LogP contribution in [-0.4, -0.2) is 5.26 Å². The van der Waals surface area contributed by atoms with Crippen LogP contribution in [0.2, 0.25) is 0 Å². The molecule has 1 aromatic rings. The molecule has 0 unspecified atom stereocenters. The monoisotopic (exact) mass is 276 g/mol. The quantitative estimate of drug-likeness (QED) is 0.536. The zero-order chi connectivity index (χ0) is 14.0. The lowest BCUT2D eigenvalue weighted by molar-refractivity contribution is -0.138. The molecular formula is C18H28O2. The largest absolute Gasteiger partial charge is 0.340 e. The van der Waals surface area contributed by atoms with Crippen molar-refractivity contribution in [3.05, 3.63) is 29.8 Å². The number of hydrogen-bond acceptors (Lipinski definition) is 2. The Morgan fingerprint density at radius 1 is 0.750 bits per heavy atom. The van der Waals surface area contributed by atoms with Gasteiger partial charge in [0.2, 0.25) is 0 Å². The fraction of sp³-hybridized carbons (Fsp3) is 0.667. The smallest absolute Gasteiger partial charge is 0.168 e. The Kier molecular flexibility index (Phi) is 6.93. The summed E-state index contributed by atoms with van der Waals surface area (Å²) < 4.78 is 0. The zero-order valence-corrected chi connectivity index (χ0v) is 12.5. The minimum Gasteiger partial charge on any atom is -0.340 e. The molecule has 0 aromatic heterocycles. The molecule has 0 atom stereocenters. The van der Waals surface area contributed by atoms with E-state index in [4.69, 9.17) is 5.26 Å². The molecule has 0 bridgehead atoms. The van der Waals surface area contributed by atoms with Crippen LogP contribution in [0.5, 0.6) is 5.75 Å². The van der Waals surface area contributed by atoms with Crippen LogP contribution in [0.1, 0.15) is 82.1 Å². The third-order valence-electron chi connectivity index (χ3n) is 4.56. The first-order valence-corrected chi connectivity index (χ1v) is 8.32. The van der Waals surface area contributed by atoms with Gasteiger partial charge in [0.1, 0.15) is 0 Å². The molecule has 0 aliphatic heterocycles. The van der Waals surface area contributed by atoms with Gasteiger partial charge in [-0.1, -0.05) is 76.0 Å². The molecule has 1 aliphatic rings. The Labute approximate surface area is 123 Å². The van der Waals surface area contributed by atoms with E-state index < -0.39 is 0 Å². The van der Waals surface area contributed by atoms with Gasteiger partial charge in [-0.2, -0.15) is 0 Å². The second kappa shape index (κ2) is 9.02. The molecule has 0 radical (unpaired) electrons. The molecule has 0 saturated heterocycles. The molecule has 0 spiro atoms.